The summed E-state index contributed by atoms with van der Waals surface area (Å²) in [5.74, 6) is 0. The van der Waals surface area contributed by atoms with Crippen molar-refractivity contribution in [2.45, 2.75) is 72.6 Å². The van der Waals surface area contributed by atoms with Crippen LogP contribution in [0, 0.1) is 0 Å². The summed E-state index contributed by atoms with van der Waals surface area (Å²) in [7, 11) is 0. The van der Waals surface area contributed by atoms with Gasteiger partial charge in [-0.3, -0.25) is 0 Å². The van der Waals surface area contributed by atoms with E-state index >= 15 is 0 Å². The average Bonchev–Trinajstić information content (AvgIpc) is 2.31. The summed E-state index contributed by atoms with van der Waals surface area (Å²) >= 11 is -2.53. The summed E-state index contributed by atoms with van der Waals surface area (Å²) in [4.78, 5) is 10.7. The van der Waals surface area contributed by atoms with Crippen LogP contribution in [0.4, 0.5) is 0 Å². The van der Waals surface area contributed by atoms with Crippen molar-refractivity contribution in [2.75, 3.05) is 0 Å². The normalized spacial score (nSPS) is 11.4. The van der Waals surface area contributed by atoms with Crippen molar-refractivity contribution >= 4 is 25.3 Å². The minimum atomic E-state index is -2.53. The van der Waals surface area contributed by atoms with Crippen molar-refractivity contribution in [1.29, 1.82) is 0 Å². The summed E-state index contributed by atoms with van der Waals surface area (Å²) in [6.07, 6.45) is 7.41. The van der Waals surface area contributed by atoms with E-state index in [9.17, 15) is 4.79 Å². The summed E-state index contributed by atoms with van der Waals surface area (Å²) in [6.45, 7) is 7.41. The van der Waals surface area contributed by atoms with Crippen molar-refractivity contribution in [2.24, 2.45) is 0 Å². The van der Waals surface area contributed by atoms with Gasteiger partial charge in [0.25, 0.3) is 0 Å². The molecule has 0 unspecified atom stereocenters. The van der Waals surface area contributed by atoms with Crippen molar-refractivity contribution in [1.82, 2.24) is 0 Å². The summed E-state index contributed by atoms with van der Waals surface area (Å²) in [5, 5.41) is 0. The number of carbonyl (C=O) groups is 1. The molecule has 16 heavy (non-hydrogen) atoms. The molecule has 2 nitrogen and oxygen atoms in total. The first-order valence-electron chi connectivity index (χ1n) is 6.86. The van der Waals surface area contributed by atoms with Crippen LogP contribution >= 0.6 is 0 Å². The van der Waals surface area contributed by atoms with Gasteiger partial charge in [-0.25, -0.2) is 0 Å². The van der Waals surface area contributed by atoms with Crippen LogP contribution in [0.25, 0.3) is 0 Å². The van der Waals surface area contributed by atoms with Gasteiger partial charge in [-0.1, -0.05) is 0 Å². The van der Waals surface area contributed by atoms with E-state index in [0.717, 1.165) is 6.47 Å². The molecule has 0 heterocycles. The molecule has 0 bridgehead atoms. The van der Waals surface area contributed by atoms with Gasteiger partial charge in [0, 0.05) is 0 Å². The SMILES string of the molecule is CCC[CH2][Sn]([CH2]CCC)([CH2]CCC)[O]C=O. The number of hydrogen-bond donors (Lipinski definition) is 0. The molecule has 3 heteroatoms. The zero-order valence-corrected chi connectivity index (χ0v) is 14.1. The second kappa shape index (κ2) is 10.4. The van der Waals surface area contributed by atoms with Crippen LogP contribution < -0.4 is 0 Å². The molecule has 0 aliphatic carbocycles. The van der Waals surface area contributed by atoms with E-state index in [0.29, 0.717) is 0 Å². The molecule has 0 rings (SSSR count). The molecule has 0 saturated heterocycles. The fourth-order valence-electron chi connectivity index (χ4n) is 2.15. The molecule has 0 spiro atoms. The number of rotatable bonds is 11. The van der Waals surface area contributed by atoms with Gasteiger partial charge in [-0.15, -0.1) is 0 Å². The molecule has 0 aromatic rings. The Kier molecular flexibility index (Phi) is 10.6. The van der Waals surface area contributed by atoms with Crippen LogP contribution in [0.2, 0.25) is 13.3 Å². The number of unbranched alkanes of at least 4 members (excludes halogenated alkanes) is 3. The van der Waals surface area contributed by atoms with Crippen LogP contribution in [0.15, 0.2) is 0 Å². The van der Waals surface area contributed by atoms with Gasteiger partial charge >= 0.3 is 106 Å². The Balaban J connectivity index is 4.37. The Labute approximate surface area is 106 Å². The predicted molar refractivity (Wildman–Crippen MR) is 72.0 cm³/mol. The second-order valence-corrected chi connectivity index (χ2v) is 16.4. The van der Waals surface area contributed by atoms with Crippen LogP contribution in [0.5, 0.6) is 0 Å². The van der Waals surface area contributed by atoms with Crippen molar-refractivity contribution in [3.05, 3.63) is 0 Å². The molecule has 0 aliphatic rings. The van der Waals surface area contributed by atoms with Crippen molar-refractivity contribution < 1.29 is 7.87 Å². The standard InChI is InChI=1S/3C4H9.CH2O2.Sn/c3*1-3-4-2;2-1-3;/h3*1,3-4H2,2H3;1H,(H,2,3);/q;;;;+1/p-1. The first kappa shape index (κ1) is 16.3. The first-order valence-corrected chi connectivity index (χ1v) is 14.1. The predicted octanol–water partition coefficient (Wildman–Crippen LogP) is 4.51. The maximum absolute atomic E-state index is 10.7. The Bertz CT molecular complexity index is 150. The van der Waals surface area contributed by atoms with E-state index in [2.05, 4.69) is 20.8 Å². The van der Waals surface area contributed by atoms with Gasteiger partial charge in [0.05, 0.1) is 0 Å². The van der Waals surface area contributed by atoms with Crippen molar-refractivity contribution in [3.63, 3.8) is 0 Å². The van der Waals surface area contributed by atoms with E-state index in [-0.39, 0.29) is 0 Å². The molecule has 0 aliphatic heterocycles. The fourth-order valence-corrected chi connectivity index (χ4v) is 14.4. The zero-order valence-electron chi connectivity index (χ0n) is 11.3. The van der Waals surface area contributed by atoms with E-state index in [1.165, 1.54) is 51.8 Å². The molecule has 0 aromatic carbocycles. The molecular weight excluding hydrogens is 307 g/mol. The average molecular weight is 335 g/mol. The Morgan fingerprint density at radius 3 is 1.50 bits per heavy atom. The number of hydrogen-bond acceptors (Lipinski definition) is 2. The van der Waals surface area contributed by atoms with E-state index < -0.39 is 18.8 Å². The van der Waals surface area contributed by atoms with Crippen molar-refractivity contribution in [3.8, 4) is 0 Å². The monoisotopic (exact) mass is 336 g/mol. The Morgan fingerprint density at radius 2 is 1.25 bits per heavy atom. The van der Waals surface area contributed by atoms with Gasteiger partial charge in [0.1, 0.15) is 0 Å². The van der Waals surface area contributed by atoms with Crippen LogP contribution in [-0.2, 0) is 7.87 Å². The molecule has 0 fully saturated rings. The molecule has 0 atom stereocenters. The zero-order chi connectivity index (χ0) is 12.3. The van der Waals surface area contributed by atoms with Gasteiger partial charge in [0.15, 0.2) is 0 Å². The fraction of sp³-hybridized carbons (Fsp3) is 0.923. The Morgan fingerprint density at radius 1 is 0.875 bits per heavy atom. The first-order chi connectivity index (χ1) is 7.74. The van der Waals surface area contributed by atoms with E-state index in [1.807, 2.05) is 0 Å². The van der Waals surface area contributed by atoms with E-state index in [1.54, 1.807) is 0 Å². The summed E-state index contributed by atoms with van der Waals surface area (Å²) in [6, 6.07) is 0. The third-order valence-corrected chi connectivity index (χ3v) is 15.8. The second-order valence-electron chi connectivity index (χ2n) is 4.71. The van der Waals surface area contributed by atoms with Gasteiger partial charge in [-0.05, 0) is 0 Å². The maximum atomic E-state index is 10.7. The van der Waals surface area contributed by atoms with E-state index in [4.69, 9.17) is 3.07 Å². The quantitative estimate of drug-likeness (QED) is 0.410. The third kappa shape index (κ3) is 6.77. The molecule has 0 saturated carbocycles. The van der Waals surface area contributed by atoms with Gasteiger partial charge in [0.2, 0.25) is 0 Å². The van der Waals surface area contributed by atoms with Crippen LogP contribution in [-0.4, -0.2) is 25.3 Å². The van der Waals surface area contributed by atoms with Crippen LogP contribution in [0.1, 0.15) is 59.3 Å². The third-order valence-electron chi connectivity index (χ3n) is 3.26. The molecule has 0 amide bonds. The number of carbonyl (C=O) groups excluding carboxylic acids is 1. The van der Waals surface area contributed by atoms with Crippen LogP contribution in [0.3, 0.4) is 0 Å². The topological polar surface area (TPSA) is 26.3 Å². The molecule has 0 aromatic heterocycles. The molecule has 0 N–H and O–H groups in total. The molecule has 0 radical (unpaired) electrons. The molecule has 96 valence electrons. The van der Waals surface area contributed by atoms with Gasteiger partial charge < -0.3 is 0 Å². The summed E-state index contributed by atoms with van der Waals surface area (Å²) < 4.78 is 9.39. The molecular formula is C13H28O2Sn. The van der Waals surface area contributed by atoms with Gasteiger partial charge in [-0.2, -0.15) is 0 Å². The Hall–Kier alpha value is 0.269. The summed E-state index contributed by atoms with van der Waals surface area (Å²) in [5.41, 5.74) is 0. The minimum absolute atomic E-state index is 0.747.